The van der Waals surface area contributed by atoms with Gasteiger partial charge in [0.15, 0.2) is 0 Å². The van der Waals surface area contributed by atoms with E-state index in [-0.39, 0.29) is 36.2 Å². The van der Waals surface area contributed by atoms with Crippen LogP contribution in [0.1, 0.15) is 31.2 Å². The number of hydrogen-bond acceptors (Lipinski definition) is 3. The minimum atomic E-state index is -0.491. The van der Waals surface area contributed by atoms with Crippen LogP contribution in [0.2, 0.25) is 0 Å². The lowest BCUT2D eigenvalue weighted by Gasteiger charge is -2.34. The van der Waals surface area contributed by atoms with Crippen LogP contribution in [0.5, 0.6) is 0 Å². The molecule has 0 radical (unpaired) electrons. The molecule has 2 amide bonds. The van der Waals surface area contributed by atoms with E-state index in [1.54, 1.807) is 0 Å². The van der Waals surface area contributed by atoms with Gasteiger partial charge in [-0.1, -0.05) is 30.3 Å². The molecule has 0 bridgehead atoms. The highest BCUT2D eigenvalue weighted by Gasteiger charge is 2.32. The predicted octanol–water partition coefficient (Wildman–Crippen LogP) is 1.50. The number of nitrogens with two attached hydrogens (primary N) is 1. The van der Waals surface area contributed by atoms with E-state index in [0.717, 1.165) is 31.2 Å². The third-order valence-electron chi connectivity index (χ3n) is 4.72. The van der Waals surface area contributed by atoms with Crippen molar-refractivity contribution in [1.29, 1.82) is 0 Å². The lowest BCUT2D eigenvalue weighted by atomic mass is 10.0. The van der Waals surface area contributed by atoms with Gasteiger partial charge in [0.05, 0.1) is 6.04 Å². The van der Waals surface area contributed by atoms with Crippen molar-refractivity contribution in [1.82, 2.24) is 10.2 Å². The number of hydrogen-bond donors (Lipinski definition) is 2. The first-order chi connectivity index (χ1) is 11.1. The number of nitrogens with zero attached hydrogens (tertiary/aromatic N) is 1. The van der Waals surface area contributed by atoms with Gasteiger partial charge in [-0.2, -0.15) is 0 Å². The number of carbonyl (C=O) groups is 2. The molecule has 0 aromatic heterocycles. The normalized spacial score (nSPS) is 19.3. The van der Waals surface area contributed by atoms with Crippen LogP contribution in [0.15, 0.2) is 30.3 Å². The van der Waals surface area contributed by atoms with Crippen LogP contribution >= 0.6 is 12.4 Å². The quantitative estimate of drug-likeness (QED) is 0.844. The maximum atomic E-state index is 12.5. The Hall–Kier alpha value is -1.59. The van der Waals surface area contributed by atoms with Crippen molar-refractivity contribution < 1.29 is 9.59 Å². The van der Waals surface area contributed by atoms with Gasteiger partial charge in [0, 0.05) is 25.0 Å². The summed E-state index contributed by atoms with van der Waals surface area (Å²) in [5.74, 6) is 0.449. The number of halogens is 1. The Labute approximate surface area is 149 Å². The first kappa shape index (κ1) is 18.7. The van der Waals surface area contributed by atoms with Crippen LogP contribution in [-0.4, -0.2) is 41.9 Å². The lowest BCUT2D eigenvalue weighted by Crippen LogP contribution is -2.51. The molecule has 1 aliphatic heterocycles. The van der Waals surface area contributed by atoms with Gasteiger partial charge < -0.3 is 16.0 Å². The molecule has 1 unspecified atom stereocenters. The van der Waals surface area contributed by atoms with Crippen LogP contribution in [0.4, 0.5) is 0 Å². The zero-order valence-electron chi connectivity index (χ0n) is 13.8. The average Bonchev–Trinajstić information content (AvgIpc) is 3.41. The van der Waals surface area contributed by atoms with Crippen molar-refractivity contribution in [3.63, 3.8) is 0 Å². The Bertz CT molecular complexity index is 555. The van der Waals surface area contributed by atoms with Crippen LogP contribution in [-0.2, 0) is 16.0 Å². The number of likely N-dealkylation sites (tertiary alicyclic amines) is 1. The molecule has 5 nitrogen and oxygen atoms in total. The fraction of sp³-hybridized carbons (Fsp3) is 0.556. The van der Waals surface area contributed by atoms with Crippen molar-refractivity contribution in [2.75, 3.05) is 13.1 Å². The maximum absolute atomic E-state index is 12.5. The summed E-state index contributed by atoms with van der Waals surface area (Å²) in [7, 11) is 0. The second kappa shape index (κ2) is 8.49. The summed E-state index contributed by atoms with van der Waals surface area (Å²) in [6.07, 6.45) is 4.26. The minimum Gasteiger partial charge on any atom is -0.353 e. The van der Waals surface area contributed by atoms with Crippen LogP contribution < -0.4 is 11.1 Å². The van der Waals surface area contributed by atoms with E-state index < -0.39 is 6.04 Å². The Balaban J connectivity index is 0.00000208. The standard InChI is InChI=1S/C18H25N3O2.ClH/c19-16(12-13-4-2-1-3-5-13)18(23)21-10-8-15(9-11-21)20-17(22)14-6-7-14;/h1-5,14-16H,6-12,19H2,(H,20,22);1H. The highest BCUT2D eigenvalue weighted by Crippen LogP contribution is 2.29. The molecule has 132 valence electrons. The van der Waals surface area contributed by atoms with E-state index in [2.05, 4.69) is 5.32 Å². The molecule has 2 aliphatic rings. The van der Waals surface area contributed by atoms with Gasteiger partial charge in [-0.25, -0.2) is 0 Å². The number of nitrogens with one attached hydrogen (secondary N) is 1. The molecule has 0 spiro atoms. The van der Waals surface area contributed by atoms with Gasteiger partial charge >= 0.3 is 0 Å². The Morgan fingerprint density at radius 3 is 2.33 bits per heavy atom. The molecular weight excluding hydrogens is 326 g/mol. The zero-order chi connectivity index (χ0) is 16.2. The first-order valence-electron chi connectivity index (χ1n) is 8.52. The van der Waals surface area contributed by atoms with Gasteiger partial charge in [-0.3, -0.25) is 9.59 Å². The van der Waals surface area contributed by atoms with Crippen LogP contribution in [0.3, 0.4) is 0 Å². The highest BCUT2D eigenvalue weighted by molar-refractivity contribution is 5.85. The monoisotopic (exact) mass is 351 g/mol. The van der Waals surface area contributed by atoms with Crippen LogP contribution in [0, 0.1) is 5.92 Å². The third kappa shape index (κ3) is 4.95. The summed E-state index contributed by atoms with van der Waals surface area (Å²) < 4.78 is 0. The van der Waals surface area contributed by atoms with Crippen molar-refractivity contribution in [2.24, 2.45) is 11.7 Å². The Morgan fingerprint density at radius 2 is 1.75 bits per heavy atom. The highest BCUT2D eigenvalue weighted by atomic mass is 35.5. The molecule has 1 atom stereocenters. The number of rotatable bonds is 5. The Kier molecular flexibility index (Phi) is 6.63. The number of carbonyl (C=O) groups excluding carboxylic acids is 2. The fourth-order valence-corrected chi connectivity index (χ4v) is 3.10. The van der Waals surface area contributed by atoms with Crippen molar-refractivity contribution in [2.45, 2.75) is 44.2 Å². The van der Waals surface area contributed by atoms with E-state index in [4.69, 9.17) is 5.73 Å². The molecule has 1 aromatic rings. The van der Waals surface area contributed by atoms with Crippen molar-refractivity contribution >= 4 is 24.2 Å². The molecule has 3 N–H and O–H groups in total. The molecule has 1 aliphatic carbocycles. The topological polar surface area (TPSA) is 75.4 Å². The summed E-state index contributed by atoms with van der Waals surface area (Å²) >= 11 is 0. The van der Waals surface area contributed by atoms with Crippen LogP contribution in [0.25, 0.3) is 0 Å². The molecule has 1 heterocycles. The fourth-order valence-electron chi connectivity index (χ4n) is 3.10. The van der Waals surface area contributed by atoms with E-state index >= 15 is 0 Å². The zero-order valence-corrected chi connectivity index (χ0v) is 14.6. The minimum absolute atomic E-state index is 0. The molecule has 2 fully saturated rings. The lowest BCUT2D eigenvalue weighted by molar-refractivity contribution is -0.133. The summed E-state index contributed by atoms with van der Waals surface area (Å²) in [6.45, 7) is 1.36. The molecule has 6 heteroatoms. The van der Waals surface area contributed by atoms with Crippen molar-refractivity contribution in [3.8, 4) is 0 Å². The van der Waals surface area contributed by atoms with E-state index in [1.165, 1.54) is 0 Å². The third-order valence-corrected chi connectivity index (χ3v) is 4.72. The number of benzene rings is 1. The summed E-state index contributed by atoms with van der Waals surface area (Å²) in [5.41, 5.74) is 7.17. The SMILES string of the molecule is Cl.NC(Cc1ccccc1)C(=O)N1CCC(NC(=O)C2CC2)CC1. The van der Waals surface area contributed by atoms with Crippen molar-refractivity contribution in [3.05, 3.63) is 35.9 Å². The largest absolute Gasteiger partial charge is 0.353 e. The van der Waals surface area contributed by atoms with Gasteiger partial charge in [0.2, 0.25) is 11.8 Å². The summed E-state index contributed by atoms with van der Waals surface area (Å²) in [5, 5.41) is 3.10. The summed E-state index contributed by atoms with van der Waals surface area (Å²) in [6, 6.07) is 9.57. The van der Waals surface area contributed by atoms with Gasteiger partial charge in [0.1, 0.15) is 0 Å². The smallest absolute Gasteiger partial charge is 0.239 e. The molecular formula is C18H26ClN3O2. The molecule has 3 rings (SSSR count). The van der Waals surface area contributed by atoms with E-state index in [0.29, 0.717) is 19.5 Å². The summed E-state index contributed by atoms with van der Waals surface area (Å²) in [4.78, 5) is 26.1. The molecule has 1 saturated carbocycles. The number of piperidine rings is 1. The van der Waals surface area contributed by atoms with E-state index in [1.807, 2.05) is 35.2 Å². The molecule has 1 saturated heterocycles. The molecule has 1 aromatic carbocycles. The van der Waals surface area contributed by atoms with E-state index in [9.17, 15) is 9.59 Å². The maximum Gasteiger partial charge on any atom is 0.239 e. The first-order valence-corrected chi connectivity index (χ1v) is 8.52. The van der Waals surface area contributed by atoms with Gasteiger partial charge in [-0.05, 0) is 37.7 Å². The average molecular weight is 352 g/mol. The Morgan fingerprint density at radius 1 is 1.12 bits per heavy atom. The number of amides is 2. The second-order valence-electron chi connectivity index (χ2n) is 6.68. The van der Waals surface area contributed by atoms with Gasteiger partial charge in [0.25, 0.3) is 0 Å². The second-order valence-corrected chi connectivity index (χ2v) is 6.68. The molecule has 24 heavy (non-hydrogen) atoms. The van der Waals surface area contributed by atoms with Gasteiger partial charge in [-0.15, -0.1) is 12.4 Å². The predicted molar refractivity (Wildman–Crippen MR) is 95.8 cm³/mol.